The minimum Gasteiger partial charge on any atom is -0.444 e. The number of carbonyl (C=O) groups excluding carboxylic acids is 1. The minimum absolute atomic E-state index is 0.251. The van der Waals surface area contributed by atoms with Crippen molar-refractivity contribution in [3.8, 4) is 10.7 Å². The summed E-state index contributed by atoms with van der Waals surface area (Å²) >= 11 is 1.68. The zero-order chi connectivity index (χ0) is 31.8. The molecule has 6 rings (SSSR count). The van der Waals surface area contributed by atoms with Crippen molar-refractivity contribution in [1.82, 2.24) is 24.1 Å². The van der Waals surface area contributed by atoms with Crippen LogP contribution in [-0.4, -0.2) is 96.5 Å². The summed E-state index contributed by atoms with van der Waals surface area (Å²) < 4.78 is 33.7. The predicted molar refractivity (Wildman–Crippen MR) is 178 cm³/mol. The molecule has 0 aliphatic carbocycles. The Hall–Kier alpha value is -3.58. The SMILES string of the molecule is Cc1ccc(S(=O)(=O)N2CCN(c3nc(-c4ccc(CN5CCN(C(=O)OC(C)(C)C)CC5)s4)nc4ccccc34)CC2)cc1. The van der Waals surface area contributed by atoms with Crippen LogP contribution in [0.25, 0.3) is 21.6 Å². The average molecular weight is 649 g/mol. The smallest absolute Gasteiger partial charge is 0.410 e. The molecule has 2 aromatic heterocycles. The van der Waals surface area contributed by atoms with E-state index >= 15 is 0 Å². The quantitative estimate of drug-likeness (QED) is 0.280. The summed E-state index contributed by atoms with van der Waals surface area (Å²) in [6.45, 7) is 13.1. The van der Waals surface area contributed by atoms with Crippen molar-refractivity contribution in [1.29, 1.82) is 0 Å². The summed E-state index contributed by atoms with van der Waals surface area (Å²) in [6, 6.07) is 19.2. The first-order valence-electron chi connectivity index (χ1n) is 15.3. The number of aromatic nitrogens is 2. The lowest BCUT2D eigenvalue weighted by Crippen LogP contribution is -2.49. The van der Waals surface area contributed by atoms with Crippen molar-refractivity contribution in [2.75, 3.05) is 57.3 Å². The number of anilines is 1. The Balaban J connectivity index is 1.14. The van der Waals surface area contributed by atoms with E-state index < -0.39 is 15.6 Å². The zero-order valence-corrected chi connectivity index (χ0v) is 27.9. The minimum atomic E-state index is -3.56. The van der Waals surface area contributed by atoms with Crippen LogP contribution in [0.3, 0.4) is 0 Å². The van der Waals surface area contributed by atoms with Gasteiger partial charge in [0.2, 0.25) is 10.0 Å². The Morgan fingerprint density at radius 3 is 2.24 bits per heavy atom. The third kappa shape index (κ3) is 7.14. The molecule has 0 atom stereocenters. The average Bonchev–Trinajstić information content (AvgIpc) is 3.49. The van der Waals surface area contributed by atoms with Crippen molar-refractivity contribution in [3.05, 3.63) is 71.1 Å². The molecule has 0 bridgehead atoms. The number of fused-ring (bicyclic) bond motifs is 1. The molecule has 10 nitrogen and oxygen atoms in total. The van der Waals surface area contributed by atoms with Crippen molar-refractivity contribution >= 4 is 44.2 Å². The van der Waals surface area contributed by atoms with Gasteiger partial charge in [0.1, 0.15) is 11.4 Å². The first-order chi connectivity index (χ1) is 21.5. The first kappa shape index (κ1) is 31.4. The topological polar surface area (TPSA) is 99.2 Å². The van der Waals surface area contributed by atoms with Crippen LogP contribution in [-0.2, 0) is 21.3 Å². The maximum atomic E-state index is 13.3. The summed E-state index contributed by atoms with van der Waals surface area (Å²) in [7, 11) is -3.56. The number of hydrogen-bond donors (Lipinski definition) is 0. The van der Waals surface area contributed by atoms with Gasteiger partial charge in [-0.05, 0) is 64.1 Å². The number of rotatable bonds is 6. The van der Waals surface area contributed by atoms with Gasteiger partial charge in [-0.2, -0.15) is 4.31 Å². The van der Waals surface area contributed by atoms with Gasteiger partial charge in [0.05, 0.1) is 15.3 Å². The highest BCUT2D eigenvalue weighted by Gasteiger charge is 2.30. The van der Waals surface area contributed by atoms with Crippen molar-refractivity contribution in [3.63, 3.8) is 0 Å². The molecule has 238 valence electrons. The second-order valence-electron chi connectivity index (χ2n) is 12.6. The number of benzene rings is 2. The third-order valence-corrected chi connectivity index (χ3v) is 11.0. The van der Waals surface area contributed by atoms with Crippen LogP contribution < -0.4 is 4.90 Å². The fraction of sp³-hybridized carbons (Fsp3) is 0.424. The van der Waals surface area contributed by atoms with Crippen molar-refractivity contribution in [2.45, 2.75) is 44.7 Å². The number of thiophene rings is 1. The molecular formula is C33H40N6O4S2. The lowest BCUT2D eigenvalue weighted by Gasteiger charge is -2.35. The number of hydrogen-bond acceptors (Lipinski definition) is 9. The van der Waals surface area contributed by atoms with Crippen LogP contribution in [0.1, 0.15) is 31.2 Å². The Kier molecular flexibility index (Phi) is 8.84. The molecule has 0 radical (unpaired) electrons. The van der Waals surface area contributed by atoms with Crippen molar-refractivity contribution < 1.29 is 17.9 Å². The van der Waals surface area contributed by atoms with E-state index in [1.54, 1.807) is 32.7 Å². The van der Waals surface area contributed by atoms with Crippen LogP contribution in [0.4, 0.5) is 10.6 Å². The van der Waals surface area contributed by atoms with Gasteiger partial charge in [0.25, 0.3) is 0 Å². The summed E-state index contributed by atoms with van der Waals surface area (Å²) in [5.74, 6) is 1.50. The number of piperazine rings is 2. The highest BCUT2D eigenvalue weighted by atomic mass is 32.2. The van der Waals surface area contributed by atoms with E-state index in [4.69, 9.17) is 14.7 Å². The fourth-order valence-corrected chi connectivity index (χ4v) is 8.04. The fourth-order valence-electron chi connectivity index (χ4n) is 5.63. The van der Waals surface area contributed by atoms with E-state index in [0.717, 1.165) is 46.8 Å². The molecule has 2 fully saturated rings. The normalized spacial score (nSPS) is 17.2. The molecule has 2 aliphatic heterocycles. The van der Waals surface area contributed by atoms with Gasteiger partial charge in [-0.25, -0.2) is 23.2 Å². The highest BCUT2D eigenvalue weighted by Crippen LogP contribution is 2.32. The van der Waals surface area contributed by atoms with E-state index in [0.29, 0.717) is 50.0 Å². The standard InChI is InChI=1S/C33H40N6O4S2/c1-24-9-12-26(13-10-24)45(41,42)39-21-19-37(20-22-39)31-27-7-5-6-8-28(27)34-30(35-31)29-14-11-25(44-29)23-36-15-17-38(18-16-36)32(40)43-33(2,3)4/h5-14H,15-23H2,1-4H3. The van der Waals surface area contributed by atoms with Crippen LogP contribution in [0, 0.1) is 6.92 Å². The van der Waals surface area contributed by atoms with Gasteiger partial charge in [0.15, 0.2) is 5.82 Å². The molecule has 2 aliphatic rings. The Labute approximate surface area is 269 Å². The van der Waals surface area contributed by atoms with Gasteiger partial charge in [-0.15, -0.1) is 11.3 Å². The maximum absolute atomic E-state index is 13.3. The number of amides is 1. The summed E-state index contributed by atoms with van der Waals surface area (Å²) in [5, 5.41) is 0.954. The molecule has 0 unspecified atom stereocenters. The number of para-hydroxylation sites is 1. The van der Waals surface area contributed by atoms with Gasteiger partial charge in [0, 0.05) is 69.2 Å². The van der Waals surface area contributed by atoms with Gasteiger partial charge in [-0.3, -0.25) is 4.90 Å². The lowest BCUT2D eigenvalue weighted by atomic mass is 10.2. The van der Waals surface area contributed by atoms with E-state index in [1.807, 2.05) is 64.1 Å². The number of sulfonamides is 1. The van der Waals surface area contributed by atoms with E-state index in [1.165, 1.54) is 4.88 Å². The van der Waals surface area contributed by atoms with Gasteiger partial charge >= 0.3 is 6.09 Å². The van der Waals surface area contributed by atoms with E-state index in [9.17, 15) is 13.2 Å². The number of carbonyl (C=O) groups is 1. The lowest BCUT2D eigenvalue weighted by molar-refractivity contribution is 0.0139. The second-order valence-corrected chi connectivity index (χ2v) is 15.7. The van der Waals surface area contributed by atoms with Crippen molar-refractivity contribution in [2.24, 2.45) is 0 Å². The number of nitrogens with zero attached hydrogens (tertiary/aromatic N) is 6. The second kappa shape index (κ2) is 12.7. The molecule has 4 heterocycles. The molecule has 0 saturated carbocycles. The van der Waals surface area contributed by atoms with Crippen LogP contribution in [0.15, 0.2) is 65.6 Å². The van der Waals surface area contributed by atoms with Crippen LogP contribution in [0.2, 0.25) is 0 Å². The monoisotopic (exact) mass is 648 g/mol. The third-order valence-electron chi connectivity index (χ3n) is 8.07. The Morgan fingerprint density at radius 1 is 0.867 bits per heavy atom. The number of ether oxygens (including phenoxy) is 1. The molecular weight excluding hydrogens is 609 g/mol. The Bertz CT molecular complexity index is 1770. The molecule has 4 aromatic rings. The molecule has 12 heteroatoms. The summed E-state index contributed by atoms with van der Waals surface area (Å²) in [4.78, 5) is 31.3. The van der Waals surface area contributed by atoms with E-state index in [2.05, 4.69) is 21.9 Å². The molecule has 2 aromatic carbocycles. The summed E-state index contributed by atoms with van der Waals surface area (Å²) in [5.41, 5.74) is 1.39. The van der Waals surface area contributed by atoms with Gasteiger partial charge in [-0.1, -0.05) is 29.8 Å². The molecule has 0 N–H and O–H groups in total. The maximum Gasteiger partial charge on any atom is 0.410 e. The van der Waals surface area contributed by atoms with E-state index in [-0.39, 0.29) is 6.09 Å². The molecule has 1 amide bonds. The summed E-state index contributed by atoms with van der Waals surface area (Å²) in [6.07, 6.45) is -0.251. The molecule has 45 heavy (non-hydrogen) atoms. The molecule has 2 saturated heterocycles. The van der Waals surface area contributed by atoms with Crippen LogP contribution in [0.5, 0.6) is 0 Å². The predicted octanol–water partition coefficient (Wildman–Crippen LogP) is 5.23. The largest absolute Gasteiger partial charge is 0.444 e. The molecule has 0 spiro atoms. The zero-order valence-electron chi connectivity index (χ0n) is 26.3. The highest BCUT2D eigenvalue weighted by molar-refractivity contribution is 7.89. The first-order valence-corrected chi connectivity index (χ1v) is 17.6. The number of aryl methyl sites for hydroxylation is 1. The van der Waals surface area contributed by atoms with Gasteiger partial charge < -0.3 is 14.5 Å². The van der Waals surface area contributed by atoms with Crippen LogP contribution >= 0.6 is 11.3 Å². The Morgan fingerprint density at radius 2 is 1.56 bits per heavy atom.